The van der Waals surface area contributed by atoms with Gasteiger partial charge in [-0.3, -0.25) is 5.41 Å². The van der Waals surface area contributed by atoms with Crippen molar-refractivity contribution in [2.75, 3.05) is 7.11 Å². The molecule has 0 aliphatic rings. The van der Waals surface area contributed by atoms with E-state index < -0.39 is 0 Å². The molecule has 0 radical (unpaired) electrons. The van der Waals surface area contributed by atoms with E-state index in [1.54, 1.807) is 22.0 Å². The molecule has 0 saturated heterocycles. The smallest absolute Gasteiger partial charge is 0.217 e. The molecule has 0 fully saturated rings. The van der Waals surface area contributed by atoms with Gasteiger partial charge in [-0.25, -0.2) is 4.52 Å². The van der Waals surface area contributed by atoms with Gasteiger partial charge in [0.15, 0.2) is 0 Å². The Morgan fingerprint density at radius 1 is 1.69 bits per heavy atom. The number of rotatable bonds is 1. The first-order valence-corrected chi connectivity index (χ1v) is 4.24. The van der Waals surface area contributed by atoms with Crippen molar-refractivity contribution in [2.24, 2.45) is 0 Å². The number of aromatic nitrogens is 2. The van der Waals surface area contributed by atoms with Gasteiger partial charge in [0.2, 0.25) is 5.90 Å². The molecule has 0 aliphatic heterocycles. The molecular formula is C7H8ClN3OS. The van der Waals surface area contributed by atoms with Gasteiger partial charge in [-0.15, -0.1) is 23.7 Å². The minimum atomic E-state index is 0. The fourth-order valence-electron chi connectivity index (χ4n) is 0.993. The molecule has 2 rings (SSSR count). The van der Waals surface area contributed by atoms with Crippen molar-refractivity contribution in [2.45, 2.75) is 0 Å². The molecule has 13 heavy (non-hydrogen) atoms. The summed E-state index contributed by atoms with van der Waals surface area (Å²) in [5.74, 6) is 0.160. The van der Waals surface area contributed by atoms with Crippen LogP contribution in [0.25, 0.3) is 4.83 Å². The topological polar surface area (TPSA) is 50.4 Å². The molecule has 0 saturated carbocycles. The Bertz CT molecular complexity index is 422. The molecule has 0 atom stereocenters. The number of ether oxygens (including phenoxy) is 1. The van der Waals surface area contributed by atoms with Crippen LogP contribution < -0.4 is 0 Å². The van der Waals surface area contributed by atoms with E-state index in [1.807, 2.05) is 11.6 Å². The zero-order chi connectivity index (χ0) is 8.55. The van der Waals surface area contributed by atoms with Crippen molar-refractivity contribution >= 4 is 34.5 Å². The lowest BCUT2D eigenvalue weighted by molar-refractivity contribution is 0.401. The highest BCUT2D eigenvalue weighted by molar-refractivity contribution is 7.15. The Morgan fingerprint density at radius 2 is 2.46 bits per heavy atom. The van der Waals surface area contributed by atoms with E-state index in [0.29, 0.717) is 0 Å². The Balaban J connectivity index is 0.000000845. The van der Waals surface area contributed by atoms with E-state index in [9.17, 15) is 0 Å². The second-order valence-electron chi connectivity index (χ2n) is 2.24. The predicted molar refractivity (Wildman–Crippen MR) is 54.2 cm³/mol. The van der Waals surface area contributed by atoms with Crippen LogP contribution in [0.5, 0.6) is 0 Å². The number of halogens is 1. The molecule has 0 spiro atoms. The Kier molecular flexibility index (Phi) is 2.90. The van der Waals surface area contributed by atoms with Gasteiger partial charge >= 0.3 is 0 Å². The summed E-state index contributed by atoms with van der Waals surface area (Å²) in [5.41, 5.74) is 0.743. The zero-order valence-corrected chi connectivity index (χ0v) is 8.48. The van der Waals surface area contributed by atoms with Crippen molar-refractivity contribution in [1.82, 2.24) is 9.61 Å². The molecule has 2 heterocycles. The molecule has 2 aromatic rings. The maximum absolute atomic E-state index is 7.45. The van der Waals surface area contributed by atoms with Gasteiger partial charge in [-0.2, -0.15) is 5.10 Å². The van der Waals surface area contributed by atoms with E-state index in [2.05, 4.69) is 5.10 Å². The second kappa shape index (κ2) is 3.76. The molecule has 6 heteroatoms. The van der Waals surface area contributed by atoms with Gasteiger partial charge in [-0.05, 0) is 0 Å². The maximum Gasteiger partial charge on any atom is 0.217 e. The van der Waals surface area contributed by atoms with E-state index in [-0.39, 0.29) is 18.3 Å². The van der Waals surface area contributed by atoms with Crippen LogP contribution in [0, 0.1) is 5.41 Å². The number of thiazole rings is 1. The highest BCUT2D eigenvalue weighted by Crippen LogP contribution is 2.16. The summed E-state index contributed by atoms with van der Waals surface area (Å²) in [4.78, 5) is 0.946. The minimum Gasteiger partial charge on any atom is -0.481 e. The van der Waals surface area contributed by atoms with Crippen molar-refractivity contribution < 1.29 is 4.74 Å². The number of nitrogens with zero attached hydrogens (tertiary/aromatic N) is 2. The van der Waals surface area contributed by atoms with E-state index in [1.165, 1.54) is 7.11 Å². The summed E-state index contributed by atoms with van der Waals surface area (Å²) in [5, 5.41) is 13.4. The van der Waals surface area contributed by atoms with Gasteiger partial charge in [-0.1, -0.05) is 0 Å². The van der Waals surface area contributed by atoms with Gasteiger partial charge in [0.05, 0.1) is 18.9 Å². The third-order valence-electron chi connectivity index (χ3n) is 1.58. The standard InChI is InChI=1S/C7H7N3OS.ClH/c1-11-6(8)5-4-9-10-2-3-12-7(5)10;/h2-4,8H,1H3;1H. The molecule has 0 aliphatic carbocycles. The zero-order valence-electron chi connectivity index (χ0n) is 6.85. The number of methoxy groups -OCH3 is 1. The van der Waals surface area contributed by atoms with Gasteiger partial charge in [0, 0.05) is 11.6 Å². The van der Waals surface area contributed by atoms with Crippen LogP contribution in [-0.2, 0) is 4.74 Å². The van der Waals surface area contributed by atoms with E-state index in [4.69, 9.17) is 10.1 Å². The minimum absolute atomic E-state index is 0. The van der Waals surface area contributed by atoms with Crippen molar-refractivity contribution in [3.63, 3.8) is 0 Å². The first-order valence-electron chi connectivity index (χ1n) is 3.36. The SMILES string of the molecule is COC(=N)c1cnn2ccsc12.Cl. The Morgan fingerprint density at radius 3 is 3.15 bits per heavy atom. The monoisotopic (exact) mass is 217 g/mol. The summed E-state index contributed by atoms with van der Waals surface area (Å²) in [7, 11) is 1.49. The largest absolute Gasteiger partial charge is 0.481 e. The maximum atomic E-state index is 7.45. The van der Waals surface area contributed by atoms with E-state index in [0.717, 1.165) is 10.4 Å². The van der Waals surface area contributed by atoms with Crippen LogP contribution in [0.3, 0.4) is 0 Å². The van der Waals surface area contributed by atoms with Gasteiger partial charge in [0.25, 0.3) is 0 Å². The summed E-state index contributed by atoms with van der Waals surface area (Å²) in [6.45, 7) is 0. The number of hydrogen-bond donors (Lipinski definition) is 1. The average molecular weight is 218 g/mol. The molecule has 0 amide bonds. The quantitative estimate of drug-likeness (QED) is 0.585. The predicted octanol–water partition coefficient (Wildman–Crippen LogP) is 1.79. The van der Waals surface area contributed by atoms with Crippen molar-refractivity contribution in [1.29, 1.82) is 5.41 Å². The summed E-state index contributed by atoms with van der Waals surface area (Å²) in [6, 6.07) is 0. The van der Waals surface area contributed by atoms with Crippen LogP contribution in [0.4, 0.5) is 0 Å². The highest BCUT2D eigenvalue weighted by Gasteiger charge is 2.09. The fraction of sp³-hybridized carbons (Fsp3) is 0.143. The molecule has 0 bridgehead atoms. The Hall–Kier alpha value is -1.07. The molecule has 0 aromatic carbocycles. The Labute approximate surface area is 85.1 Å². The average Bonchev–Trinajstić information content (AvgIpc) is 2.62. The van der Waals surface area contributed by atoms with Gasteiger partial charge in [0.1, 0.15) is 4.83 Å². The first-order chi connectivity index (χ1) is 5.83. The lowest BCUT2D eigenvalue weighted by Crippen LogP contribution is -1.99. The lowest BCUT2D eigenvalue weighted by atomic mass is 10.4. The van der Waals surface area contributed by atoms with E-state index >= 15 is 0 Å². The number of fused-ring (bicyclic) bond motifs is 1. The first kappa shape index (κ1) is 10.0. The number of hydrogen-bond acceptors (Lipinski definition) is 4. The van der Waals surface area contributed by atoms with Crippen LogP contribution in [0.2, 0.25) is 0 Å². The summed E-state index contributed by atoms with van der Waals surface area (Å²) < 4.78 is 6.54. The van der Waals surface area contributed by atoms with Crippen LogP contribution >= 0.6 is 23.7 Å². The van der Waals surface area contributed by atoms with Crippen LogP contribution in [0.1, 0.15) is 5.56 Å². The fourth-order valence-corrected chi connectivity index (χ4v) is 1.79. The molecule has 0 unspecified atom stereocenters. The van der Waals surface area contributed by atoms with Crippen molar-refractivity contribution in [3.8, 4) is 0 Å². The lowest BCUT2D eigenvalue weighted by Gasteiger charge is -1.95. The van der Waals surface area contributed by atoms with Crippen molar-refractivity contribution in [3.05, 3.63) is 23.3 Å². The third kappa shape index (κ3) is 1.52. The normalized spacial score (nSPS) is 9.62. The number of nitrogens with one attached hydrogen (secondary N) is 1. The summed E-state index contributed by atoms with van der Waals surface area (Å²) in [6.07, 6.45) is 3.49. The third-order valence-corrected chi connectivity index (χ3v) is 2.47. The molecular weight excluding hydrogens is 210 g/mol. The van der Waals surface area contributed by atoms with Gasteiger partial charge < -0.3 is 4.74 Å². The van der Waals surface area contributed by atoms with Crippen LogP contribution in [-0.4, -0.2) is 22.6 Å². The second-order valence-corrected chi connectivity index (χ2v) is 3.14. The highest BCUT2D eigenvalue weighted by atomic mass is 35.5. The summed E-state index contributed by atoms with van der Waals surface area (Å²) >= 11 is 1.54. The molecule has 1 N–H and O–H groups in total. The molecule has 2 aromatic heterocycles. The molecule has 4 nitrogen and oxygen atoms in total. The van der Waals surface area contributed by atoms with Crippen LogP contribution in [0.15, 0.2) is 17.8 Å². The molecule has 70 valence electrons.